The summed E-state index contributed by atoms with van der Waals surface area (Å²) in [6.07, 6.45) is -3.62. The van der Waals surface area contributed by atoms with Crippen LogP contribution in [-0.4, -0.2) is 40.2 Å². The van der Waals surface area contributed by atoms with Crippen molar-refractivity contribution in [3.63, 3.8) is 0 Å². The van der Waals surface area contributed by atoms with Crippen LogP contribution in [0.5, 0.6) is 0 Å². The van der Waals surface area contributed by atoms with E-state index in [0.29, 0.717) is 4.57 Å². The van der Waals surface area contributed by atoms with Crippen molar-refractivity contribution in [1.82, 2.24) is 9.55 Å². The van der Waals surface area contributed by atoms with E-state index in [1.165, 1.54) is 6.07 Å². The Labute approximate surface area is 124 Å². The Morgan fingerprint density at radius 2 is 2.27 bits per heavy atom. The molecule has 1 fully saturated rings. The Balaban J connectivity index is 2.37. The number of nitrogens with zero attached hydrogens (tertiary/aromatic N) is 2. The number of hydrogen-bond donors (Lipinski definition) is 2. The van der Waals surface area contributed by atoms with Crippen molar-refractivity contribution in [2.24, 2.45) is 5.73 Å². The first-order valence-corrected chi connectivity index (χ1v) is 6.58. The SMILES string of the molecule is CC[C@H]1O[C@@H](n2ccc(N)nc2=O)C(F)(F)[C@@H]1OC(=O)CN. The molecule has 0 saturated carbocycles. The van der Waals surface area contributed by atoms with Gasteiger partial charge in [-0.3, -0.25) is 9.36 Å². The van der Waals surface area contributed by atoms with Gasteiger partial charge in [0.1, 0.15) is 11.9 Å². The predicted molar refractivity (Wildman–Crippen MR) is 71.0 cm³/mol. The number of alkyl halides is 2. The van der Waals surface area contributed by atoms with Gasteiger partial charge in [0.2, 0.25) is 6.23 Å². The molecule has 1 aliphatic rings. The van der Waals surface area contributed by atoms with Crippen LogP contribution in [0.2, 0.25) is 0 Å². The fourth-order valence-electron chi connectivity index (χ4n) is 2.23. The van der Waals surface area contributed by atoms with Crippen LogP contribution < -0.4 is 17.2 Å². The van der Waals surface area contributed by atoms with Gasteiger partial charge in [0.05, 0.1) is 6.54 Å². The third-order valence-electron chi connectivity index (χ3n) is 3.28. The smallest absolute Gasteiger partial charge is 0.351 e. The topological polar surface area (TPSA) is 122 Å². The lowest BCUT2D eigenvalue weighted by molar-refractivity contribution is -0.175. The fraction of sp³-hybridized carbons (Fsp3) is 0.583. The molecule has 4 N–H and O–H groups in total. The van der Waals surface area contributed by atoms with Crippen molar-refractivity contribution in [2.75, 3.05) is 12.3 Å². The minimum atomic E-state index is -3.62. The van der Waals surface area contributed by atoms with E-state index in [2.05, 4.69) is 4.98 Å². The van der Waals surface area contributed by atoms with Crippen LogP contribution in [0, 0.1) is 0 Å². The van der Waals surface area contributed by atoms with Crippen molar-refractivity contribution in [1.29, 1.82) is 0 Å². The highest BCUT2D eigenvalue weighted by molar-refractivity contribution is 5.71. The second-order valence-electron chi connectivity index (χ2n) is 4.77. The van der Waals surface area contributed by atoms with Crippen LogP contribution >= 0.6 is 0 Å². The highest BCUT2D eigenvalue weighted by atomic mass is 19.3. The summed E-state index contributed by atoms with van der Waals surface area (Å²) in [6.45, 7) is 1.06. The Bertz CT molecular complexity index is 621. The molecule has 0 bridgehead atoms. The molecule has 22 heavy (non-hydrogen) atoms. The number of ether oxygens (including phenoxy) is 2. The standard InChI is InChI=1S/C12H16F2N4O4/c1-2-6-9(22-8(19)5-15)12(13,14)10(21-6)18-4-3-7(16)17-11(18)20/h3-4,6,9-10H,2,5,15H2,1H3,(H2,16,17,20)/t6-,9-,10-/m1/s1. The van der Waals surface area contributed by atoms with Crippen molar-refractivity contribution < 1.29 is 23.0 Å². The van der Waals surface area contributed by atoms with E-state index in [-0.39, 0.29) is 12.2 Å². The van der Waals surface area contributed by atoms with E-state index in [1.807, 2.05) is 0 Å². The van der Waals surface area contributed by atoms with Gasteiger partial charge in [-0.2, -0.15) is 13.8 Å². The summed E-state index contributed by atoms with van der Waals surface area (Å²) >= 11 is 0. The average Bonchev–Trinajstić information content (AvgIpc) is 2.70. The van der Waals surface area contributed by atoms with Crippen LogP contribution in [0.15, 0.2) is 17.1 Å². The van der Waals surface area contributed by atoms with Crippen LogP contribution in [0.1, 0.15) is 19.6 Å². The van der Waals surface area contributed by atoms with E-state index < -0.39 is 42.6 Å². The maximum Gasteiger partial charge on any atom is 0.351 e. The van der Waals surface area contributed by atoms with Crippen LogP contribution in [0.4, 0.5) is 14.6 Å². The molecule has 0 amide bonds. The summed E-state index contributed by atoms with van der Waals surface area (Å²) in [4.78, 5) is 26.3. The van der Waals surface area contributed by atoms with Crippen molar-refractivity contribution in [3.8, 4) is 0 Å². The molecular formula is C12H16F2N4O4. The van der Waals surface area contributed by atoms with Gasteiger partial charge in [0.25, 0.3) is 0 Å². The largest absolute Gasteiger partial charge is 0.452 e. The van der Waals surface area contributed by atoms with Gasteiger partial charge in [-0.15, -0.1) is 0 Å². The lowest BCUT2D eigenvalue weighted by Crippen LogP contribution is -2.44. The minimum absolute atomic E-state index is 0.0966. The number of anilines is 1. The van der Waals surface area contributed by atoms with Gasteiger partial charge in [-0.05, 0) is 12.5 Å². The summed E-state index contributed by atoms with van der Waals surface area (Å²) < 4.78 is 39.5. The van der Waals surface area contributed by atoms with Crippen LogP contribution in [0.3, 0.4) is 0 Å². The van der Waals surface area contributed by atoms with Gasteiger partial charge in [0.15, 0.2) is 6.10 Å². The number of hydrogen-bond acceptors (Lipinski definition) is 7. The van der Waals surface area contributed by atoms with Crippen molar-refractivity contribution >= 4 is 11.8 Å². The average molecular weight is 318 g/mol. The molecular weight excluding hydrogens is 302 g/mol. The fourth-order valence-corrected chi connectivity index (χ4v) is 2.23. The third kappa shape index (κ3) is 2.79. The lowest BCUT2D eigenvalue weighted by atomic mass is 10.1. The summed E-state index contributed by atoms with van der Waals surface area (Å²) in [5, 5.41) is 0. The van der Waals surface area contributed by atoms with Gasteiger partial charge < -0.3 is 20.9 Å². The number of esters is 1. The monoisotopic (exact) mass is 318 g/mol. The van der Waals surface area contributed by atoms with E-state index in [9.17, 15) is 18.4 Å². The third-order valence-corrected chi connectivity index (χ3v) is 3.28. The Morgan fingerprint density at radius 3 is 2.82 bits per heavy atom. The zero-order valence-corrected chi connectivity index (χ0v) is 11.7. The number of nitrogen functional groups attached to an aromatic ring is 1. The molecule has 0 unspecified atom stereocenters. The van der Waals surface area contributed by atoms with Gasteiger partial charge >= 0.3 is 17.6 Å². The summed E-state index contributed by atoms with van der Waals surface area (Å²) in [5.74, 6) is -4.69. The quantitative estimate of drug-likeness (QED) is 0.727. The number of carbonyl (C=O) groups excluding carboxylic acids is 1. The normalized spacial score (nSPS) is 26.8. The van der Waals surface area contributed by atoms with Gasteiger partial charge in [0, 0.05) is 6.20 Å². The highest BCUT2D eigenvalue weighted by Gasteiger charge is 2.61. The van der Waals surface area contributed by atoms with Gasteiger partial charge in [-0.1, -0.05) is 6.92 Å². The van der Waals surface area contributed by atoms with E-state index >= 15 is 0 Å². The second-order valence-corrected chi connectivity index (χ2v) is 4.77. The maximum absolute atomic E-state index is 14.5. The number of aromatic nitrogens is 2. The Kier molecular flexibility index (Phi) is 4.42. The zero-order chi connectivity index (χ0) is 16.5. The molecule has 3 atom stereocenters. The first kappa shape index (κ1) is 16.3. The molecule has 2 heterocycles. The molecule has 1 aromatic heterocycles. The number of rotatable bonds is 4. The first-order valence-electron chi connectivity index (χ1n) is 6.58. The Hall–Kier alpha value is -2.07. The molecule has 122 valence electrons. The lowest BCUT2D eigenvalue weighted by Gasteiger charge is -2.23. The summed E-state index contributed by atoms with van der Waals surface area (Å²) in [7, 11) is 0. The first-order chi connectivity index (χ1) is 10.3. The van der Waals surface area contributed by atoms with E-state index in [1.54, 1.807) is 6.92 Å². The molecule has 1 aromatic rings. The molecule has 8 nitrogen and oxygen atoms in total. The van der Waals surface area contributed by atoms with E-state index in [0.717, 1.165) is 6.20 Å². The maximum atomic E-state index is 14.5. The second kappa shape index (κ2) is 5.97. The van der Waals surface area contributed by atoms with E-state index in [4.69, 9.17) is 20.9 Å². The molecule has 0 aliphatic carbocycles. The zero-order valence-electron chi connectivity index (χ0n) is 11.7. The molecule has 1 saturated heterocycles. The number of carbonyl (C=O) groups is 1. The molecule has 0 aromatic carbocycles. The molecule has 0 radical (unpaired) electrons. The molecule has 2 rings (SSSR count). The summed E-state index contributed by atoms with van der Waals surface area (Å²) in [5.41, 5.74) is 9.41. The van der Waals surface area contributed by atoms with Gasteiger partial charge in [-0.25, -0.2) is 4.79 Å². The predicted octanol–water partition coefficient (Wildman–Crippen LogP) is -0.361. The molecule has 10 heteroatoms. The van der Waals surface area contributed by atoms with Crippen molar-refractivity contribution in [2.45, 2.75) is 37.7 Å². The van der Waals surface area contributed by atoms with Crippen LogP contribution in [-0.2, 0) is 14.3 Å². The minimum Gasteiger partial charge on any atom is -0.452 e. The Morgan fingerprint density at radius 1 is 1.59 bits per heavy atom. The highest BCUT2D eigenvalue weighted by Crippen LogP contribution is 2.44. The number of halogens is 2. The molecule has 0 spiro atoms. The van der Waals surface area contributed by atoms with Crippen molar-refractivity contribution in [3.05, 3.63) is 22.7 Å². The summed E-state index contributed by atoms with van der Waals surface area (Å²) in [6, 6.07) is 1.20. The molecule has 1 aliphatic heterocycles. The van der Waals surface area contributed by atoms with Crippen LogP contribution in [0.25, 0.3) is 0 Å². The number of nitrogens with two attached hydrogens (primary N) is 2.